The zero-order valence-corrected chi connectivity index (χ0v) is 11.3. The predicted octanol–water partition coefficient (Wildman–Crippen LogP) is 3.36. The van der Waals surface area contributed by atoms with Gasteiger partial charge in [0, 0.05) is 12.6 Å². The van der Waals surface area contributed by atoms with Crippen molar-refractivity contribution in [1.29, 1.82) is 0 Å². The van der Waals surface area contributed by atoms with Gasteiger partial charge < -0.3 is 10.1 Å². The van der Waals surface area contributed by atoms with Gasteiger partial charge in [-0.25, -0.2) is 0 Å². The van der Waals surface area contributed by atoms with E-state index in [0.717, 1.165) is 25.1 Å². The lowest BCUT2D eigenvalue weighted by Crippen LogP contribution is -2.36. The Balaban J connectivity index is 1.98. The molecule has 1 aliphatic carbocycles. The third-order valence-corrected chi connectivity index (χ3v) is 3.57. The molecular formula is C14H29NO. The Morgan fingerprint density at radius 1 is 1.38 bits per heavy atom. The molecular weight excluding hydrogens is 198 g/mol. The van der Waals surface area contributed by atoms with Crippen LogP contribution in [0.15, 0.2) is 0 Å². The number of hydrogen-bond acceptors (Lipinski definition) is 2. The maximum atomic E-state index is 5.74. The molecule has 16 heavy (non-hydrogen) atoms. The lowest BCUT2D eigenvalue weighted by atomic mass is 9.87. The summed E-state index contributed by atoms with van der Waals surface area (Å²) >= 11 is 0. The maximum Gasteiger partial charge on any atom is 0.0594 e. The van der Waals surface area contributed by atoms with Crippen molar-refractivity contribution in [2.24, 2.45) is 5.92 Å². The molecule has 0 aliphatic heterocycles. The van der Waals surface area contributed by atoms with E-state index < -0.39 is 0 Å². The number of hydrogen-bond donors (Lipinski definition) is 1. The Morgan fingerprint density at radius 3 is 2.88 bits per heavy atom. The fourth-order valence-electron chi connectivity index (χ4n) is 2.63. The summed E-state index contributed by atoms with van der Waals surface area (Å²) in [6.45, 7) is 8.64. The second kappa shape index (κ2) is 8.08. The van der Waals surface area contributed by atoms with Gasteiger partial charge in [-0.05, 0) is 32.1 Å². The molecule has 0 bridgehead atoms. The first-order chi connectivity index (χ1) is 7.72. The Morgan fingerprint density at radius 2 is 2.19 bits per heavy atom. The largest absolute Gasteiger partial charge is 0.377 e. The molecule has 0 aromatic rings. The second-order valence-corrected chi connectivity index (χ2v) is 5.39. The van der Waals surface area contributed by atoms with E-state index in [1.807, 2.05) is 0 Å². The Bertz CT molecular complexity index is 172. The second-order valence-electron chi connectivity index (χ2n) is 5.39. The number of nitrogens with one attached hydrogen (secondary N) is 1. The van der Waals surface area contributed by atoms with Gasteiger partial charge >= 0.3 is 0 Å². The first kappa shape index (κ1) is 14.0. The summed E-state index contributed by atoms with van der Waals surface area (Å²) in [5, 5.41) is 3.62. The molecule has 1 aliphatic rings. The molecule has 0 saturated heterocycles. The van der Waals surface area contributed by atoms with Crippen LogP contribution in [0.25, 0.3) is 0 Å². The van der Waals surface area contributed by atoms with Crippen LogP contribution in [-0.2, 0) is 4.74 Å². The Kier molecular flexibility index (Phi) is 7.06. The van der Waals surface area contributed by atoms with E-state index in [1.54, 1.807) is 0 Å². The third-order valence-electron chi connectivity index (χ3n) is 3.57. The fraction of sp³-hybridized carbons (Fsp3) is 1.00. The van der Waals surface area contributed by atoms with Gasteiger partial charge in [0.15, 0.2) is 0 Å². The Labute approximate surface area is 101 Å². The average Bonchev–Trinajstić information content (AvgIpc) is 2.25. The topological polar surface area (TPSA) is 21.3 Å². The minimum Gasteiger partial charge on any atom is -0.377 e. The summed E-state index contributed by atoms with van der Waals surface area (Å²) in [4.78, 5) is 0. The van der Waals surface area contributed by atoms with Crippen molar-refractivity contribution in [3.05, 3.63) is 0 Å². The smallest absolute Gasteiger partial charge is 0.0594 e. The van der Waals surface area contributed by atoms with Crippen molar-refractivity contribution >= 4 is 0 Å². The van der Waals surface area contributed by atoms with Gasteiger partial charge in [0.1, 0.15) is 0 Å². The van der Waals surface area contributed by atoms with E-state index in [4.69, 9.17) is 4.74 Å². The summed E-state index contributed by atoms with van der Waals surface area (Å²) in [7, 11) is 0. The van der Waals surface area contributed by atoms with Gasteiger partial charge in [0.05, 0.1) is 12.7 Å². The molecule has 0 spiro atoms. The quantitative estimate of drug-likeness (QED) is 0.673. The van der Waals surface area contributed by atoms with E-state index >= 15 is 0 Å². The summed E-state index contributed by atoms with van der Waals surface area (Å²) in [5.74, 6) is 0.909. The minimum atomic E-state index is 0.428. The number of ether oxygens (including phenoxy) is 1. The standard InChI is InChI=1S/C14H29NO/c1-4-6-13(3)16-10-9-15-14-8-5-7-12(2)11-14/h12-15H,4-11H2,1-3H3. The van der Waals surface area contributed by atoms with Crippen LogP contribution in [0, 0.1) is 5.92 Å². The molecule has 0 heterocycles. The molecule has 1 fully saturated rings. The van der Waals surface area contributed by atoms with E-state index in [1.165, 1.54) is 38.5 Å². The SMILES string of the molecule is CCCC(C)OCCNC1CCCC(C)C1. The lowest BCUT2D eigenvalue weighted by molar-refractivity contribution is 0.0594. The van der Waals surface area contributed by atoms with Crippen LogP contribution < -0.4 is 5.32 Å². The molecule has 0 radical (unpaired) electrons. The number of rotatable bonds is 7. The first-order valence-electron chi connectivity index (χ1n) is 7.07. The lowest BCUT2D eigenvalue weighted by Gasteiger charge is -2.27. The van der Waals surface area contributed by atoms with Gasteiger partial charge in [0.25, 0.3) is 0 Å². The van der Waals surface area contributed by atoms with Crippen LogP contribution in [-0.4, -0.2) is 25.3 Å². The third kappa shape index (κ3) is 5.86. The van der Waals surface area contributed by atoms with Crippen LogP contribution in [0.3, 0.4) is 0 Å². The van der Waals surface area contributed by atoms with E-state index in [2.05, 4.69) is 26.1 Å². The van der Waals surface area contributed by atoms with E-state index in [0.29, 0.717) is 6.10 Å². The normalized spacial score (nSPS) is 27.9. The van der Waals surface area contributed by atoms with Gasteiger partial charge in [0.2, 0.25) is 0 Å². The minimum absolute atomic E-state index is 0.428. The molecule has 1 saturated carbocycles. The molecule has 0 aromatic carbocycles. The van der Waals surface area contributed by atoms with Crippen LogP contribution in [0.4, 0.5) is 0 Å². The molecule has 96 valence electrons. The van der Waals surface area contributed by atoms with Crippen LogP contribution in [0.1, 0.15) is 59.3 Å². The first-order valence-corrected chi connectivity index (χ1v) is 7.07. The van der Waals surface area contributed by atoms with Gasteiger partial charge in [-0.15, -0.1) is 0 Å². The highest BCUT2D eigenvalue weighted by Crippen LogP contribution is 2.23. The summed E-state index contributed by atoms with van der Waals surface area (Å²) < 4.78 is 5.74. The fourth-order valence-corrected chi connectivity index (χ4v) is 2.63. The maximum absolute atomic E-state index is 5.74. The van der Waals surface area contributed by atoms with Crippen LogP contribution in [0.2, 0.25) is 0 Å². The predicted molar refractivity (Wildman–Crippen MR) is 69.7 cm³/mol. The Hall–Kier alpha value is -0.0800. The van der Waals surface area contributed by atoms with E-state index in [-0.39, 0.29) is 0 Å². The van der Waals surface area contributed by atoms with Crippen LogP contribution in [0.5, 0.6) is 0 Å². The van der Waals surface area contributed by atoms with E-state index in [9.17, 15) is 0 Å². The van der Waals surface area contributed by atoms with Gasteiger partial charge in [-0.2, -0.15) is 0 Å². The summed E-state index contributed by atoms with van der Waals surface area (Å²) in [5.41, 5.74) is 0. The molecule has 1 N–H and O–H groups in total. The molecule has 3 unspecified atom stereocenters. The van der Waals surface area contributed by atoms with Crippen molar-refractivity contribution in [2.75, 3.05) is 13.2 Å². The summed E-state index contributed by atoms with van der Waals surface area (Å²) in [6.07, 6.45) is 8.35. The molecule has 0 amide bonds. The molecule has 0 aromatic heterocycles. The van der Waals surface area contributed by atoms with Crippen molar-refractivity contribution in [1.82, 2.24) is 5.32 Å². The zero-order chi connectivity index (χ0) is 11.8. The van der Waals surface area contributed by atoms with Gasteiger partial charge in [-0.3, -0.25) is 0 Å². The monoisotopic (exact) mass is 227 g/mol. The highest BCUT2D eigenvalue weighted by Gasteiger charge is 2.17. The van der Waals surface area contributed by atoms with Crippen molar-refractivity contribution in [2.45, 2.75) is 71.4 Å². The highest BCUT2D eigenvalue weighted by atomic mass is 16.5. The van der Waals surface area contributed by atoms with Crippen molar-refractivity contribution < 1.29 is 4.74 Å². The highest BCUT2D eigenvalue weighted by molar-refractivity contribution is 4.75. The van der Waals surface area contributed by atoms with Crippen LogP contribution >= 0.6 is 0 Å². The molecule has 2 heteroatoms. The van der Waals surface area contributed by atoms with Gasteiger partial charge in [-0.1, -0.05) is 33.1 Å². The molecule has 3 atom stereocenters. The zero-order valence-electron chi connectivity index (χ0n) is 11.3. The average molecular weight is 227 g/mol. The molecule has 1 rings (SSSR count). The summed E-state index contributed by atoms with van der Waals surface area (Å²) in [6, 6.07) is 0.744. The molecule has 2 nitrogen and oxygen atoms in total. The van der Waals surface area contributed by atoms with Crippen molar-refractivity contribution in [3.8, 4) is 0 Å². The van der Waals surface area contributed by atoms with Crippen molar-refractivity contribution in [3.63, 3.8) is 0 Å².